The Hall–Kier alpha value is -1.55. The number of aryl methyl sites for hydroxylation is 2. The highest BCUT2D eigenvalue weighted by atomic mass is 35.5. The molecule has 0 aromatic heterocycles. The van der Waals surface area contributed by atoms with Gasteiger partial charge in [-0.1, -0.05) is 41.4 Å². The van der Waals surface area contributed by atoms with Gasteiger partial charge >= 0.3 is 0 Å². The summed E-state index contributed by atoms with van der Waals surface area (Å²) in [7, 11) is 0. The van der Waals surface area contributed by atoms with Crippen molar-refractivity contribution in [3.05, 3.63) is 63.1 Å². The minimum absolute atomic E-state index is 0.0318. The maximum atomic E-state index is 12.2. The molecule has 0 aliphatic heterocycles. The molecule has 1 atom stereocenters. The lowest BCUT2D eigenvalue weighted by molar-refractivity contribution is -0.682. The smallest absolute Gasteiger partial charge is 0.279 e. The van der Waals surface area contributed by atoms with E-state index in [0.717, 1.165) is 22.4 Å². The zero-order valence-corrected chi connectivity index (χ0v) is 15.0. The quantitative estimate of drug-likeness (QED) is 0.843. The average molecular weight is 352 g/mol. The summed E-state index contributed by atoms with van der Waals surface area (Å²) >= 11 is 12.1. The van der Waals surface area contributed by atoms with Crippen molar-refractivity contribution in [1.29, 1.82) is 0 Å². The summed E-state index contributed by atoms with van der Waals surface area (Å²) in [5, 5.41) is 6.14. The molecule has 0 saturated carbocycles. The SMILES string of the molecule is Cc1ccc(C)c(NC(=O)C[NH2+][C@H](C)c2ccc(Cl)cc2Cl)c1. The summed E-state index contributed by atoms with van der Waals surface area (Å²) < 4.78 is 0. The molecule has 2 aromatic carbocycles. The zero-order chi connectivity index (χ0) is 17.0. The Morgan fingerprint density at radius 3 is 2.61 bits per heavy atom. The first-order valence-corrected chi connectivity index (χ1v) is 8.28. The predicted molar refractivity (Wildman–Crippen MR) is 96.2 cm³/mol. The Bertz CT molecular complexity index is 716. The van der Waals surface area contributed by atoms with Gasteiger partial charge in [0.15, 0.2) is 6.54 Å². The van der Waals surface area contributed by atoms with Crippen LogP contribution < -0.4 is 10.6 Å². The number of quaternary nitrogens is 1. The highest BCUT2D eigenvalue weighted by Gasteiger charge is 2.15. The number of rotatable bonds is 5. The Morgan fingerprint density at radius 2 is 1.91 bits per heavy atom. The Balaban J connectivity index is 1.94. The lowest BCUT2D eigenvalue weighted by Crippen LogP contribution is -2.86. The molecule has 2 rings (SSSR count). The molecule has 0 aliphatic carbocycles. The molecule has 0 saturated heterocycles. The van der Waals surface area contributed by atoms with E-state index >= 15 is 0 Å². The standard InChI is InChI=1S/C18H20Cl2N2O/c1-11-4-5-12(2)17(8-11)22-18(23)10-21-13(3)15-7-6-14(19)9-16(15)20/h4-9,13,21H,10H2,1-3H3,(H,22,23)/p+1/t13-/m1/s1. The molecular formula is C18H21Cl2N2O+. The van der Waals surface area contributed by atoms with Crippen molar-refractivity contribution in [1.82, 2.24) is 0 Å². The first kappa shape index (κ1) is 17.8. The van der Waals surface area contributed by atoms with Crippen molar-refractivity contribution in [3.63, 3.8) is 0 Å². The Labute approximate surface area is 147 Å². The van der Waals surface area contributed by atoms with Crippen LogP contribution in [0.2, 0.25) is 10.0 Å². The van der Waals surface area contributed by atoms with Gasteiger partial charge in [0, 0.05) is 16.3 Å². The molecule has 122 valence electrons. The van der Waals surface area contributed by atoms with E-state index in [2.05, 4.69) is 5.32 Å². The van der Waals surface area contributed by atoms with Gasteiger partial charge in [0.25, 0.3) is 5.91 Å². The molecule has 1 amide bonds. The molecule has 0 spiro atoms. The van der Waals surface area contributed by atoms with Gasteiger partial charge in [-0.3, -0.25) is 4.79 Å². The van der Waals surface area contributed by atoms with E-state index in [1.807, 2.05) is 56.4 Å². The summed E-state index contributed by atoms with van der Waals surface area (Å²) in [6, 6.07) is 11.5. The van der Waals surface area contributed by atoms with E-state index in [4.69, 9.17) is 23.2 Å². The molecule has 5 heteroatoms. The van der Waals surface area contributed by atoms with Crippen molar-refractivity contribution in [2.45, 2.75) is 26.8 Å². The number of nitrogens with one attached hydrogen (secondary N) is 1. The molecule has 0 heterocycles. The molecule has 0 aliphatic rings. The summed E-state index contributed by atoms with van der Waals surface area (Å²) in [6.45, 7) is 6.33. The van der Waals surface area contributed by atoms with Crippen molar-refractivity contribution in [2.24, 2.45) is 0 Å². The number of nitrogens with two attached hydrogens (primary N) is 1. The lowest BCUT2D eigenvalue weighted by atomic mass is 10.1. The van der Waals surface area contributed by atoms with Crippen molar-refractivity contribution >= 4 is 34.8 Å². The molecule has 3 N–H and O–H groups in total. The average Bonchev–Trinajstić information content (AvgIpc) is 2.48. The molecule has 0 radical (unpaired) electrons. The number of carbonyl (C=O) groups excluding carboxylic acids is 1. The van der Waals surface area contributed by atoms with Crippen molar-refractivity contribution < 1.29 is 10.1 Å². The fourth-order valence-electron chi connectivity index (χ4n) is 2.35. The highest BCUT2D eigenvalue weighted by Crippen LogP contribution is 2.24. The highest BCUT2D eigenvalue weighted by molar-refractivity contribution is 6.35. The van der Waals surface area contributed by atoms with E-state index in [1.165, 1.54) is 0 Å². The minimum Gasteiger partial charge on any atom is -0.332 e. The third-order valence-corrected chi connectivity index (χ3v) is 4.34. The van der Waals surface area contributed by atoms with Gasteiger partial charge < -0.3 is 10.6 Å². The largest absolute Gasteiger partial charge is 0.332 e. The van der Waals surface area contributed by atoms with Crippen LogP contribution in [-0.4, -0.2) is 12.5 Å². The summed E-state index contributed by atoms with van der Waals surface area (Å²) in [5.74, 6) is -0.0318. The van der Waals surface area contributed by atoms with Gasteiger partial charge in [0.05, 0.1) is 5.02 Å². The number of benzene rings is 2. The van der Waals surface area contributed by atoms with Crippen LogP contribution in [0.4, 0.5) is 5.69 Å². The minimum atomic E-state index is -0.0318. The normalized spacial score (nSPS) is 12.0. The van der Waals surface area contributed by atoms with Crippen LogP contribution in [0.5, 0.6) is 0 Å². The van der Waals surface area contributed by atoms with E-state index in [-0.39, 0.29) is 11.9 Å². The number of hydrogen-bond acceptors (Lipinski definition) is 1. The van der Waals surface area contributed by atoms with E-state index in [9.17, 15) is 4.79 Å². The monoisotopic (exact) mass is 351 g/mol. The first-order valence-electron chi connectivity index (χ1n) is 7.52. The Kier molecular flexibility index (Phi) is 6.05. The van der Waals surface area contributed by atoms with E-state index in [0.29, 0.717) is 16.6 Å². The molecule has 23 heavy (non-hydrogen) atoms. The number of anilines is 1. The van der Waals surface area contributed by atoms with Crippen LogP contribution in [0.25, 0.3) is 0 Å². The predicted octanol–water partition coefficient (Wildman–Crippen LogP) is 3.87. The van der Waals surface area contributed by atoms with Crippen LogP contribution in [-0.2, 0) is 4.79 Å². The maximum absolute atomic E-state index is 12.2. The van der Waals surface area contributed by atoms with Gasteiger partial charge in [-0.15, -0.1) is 0 Å². The van der Waals surface area contributed by atoms with Gasteiger partial charge in [-0.2, -0.15) is 0 Å². The molecule has 2 aromatic rings. The first-order chi connectivity index (χ1) is 10.9. The molecule has 0 bridgehead atoms. The fourth-order valence-corrected chi connectivity index (χ4v) is 2.93. The number of halogens is 2. The zero-order valence-electron chi connectivity index (χ0n) is 13.5. The van der Waals surface area contributed by atoms with Crippen LogP contribution in [0.1, 0.15) is 29.7 Å². The van der Waals surface area contributed by atoms with Gasteiger partial charge in [-0.25, -0.2) is 0 Å². The van der Waals surface area contributed by atoms with Crippen LogP contribution >= 0.6 is 23.2 Å². The van der Waals surface area contributed by atoms with Gasteiger partial charge in [0.2, 0.25) is 0 Å². The second-order valence-electron chi connectivity index (χ2n) is 5.76. The van der Waals surface area contributed by atoms with Crippen LogP contribution in [0, 0.1) is 13.8 Å². The number of hydrogen-bond donors (Lipinski definition) is 2. The van der Waals surface area contributed by atoms with E-state index < -0.39 is 0 Å². The lowest BCUT2D eigenvalue weighted by Gasteiger charge is -2.13. The Morgan fingerprint density at radius 1 is 1.17 bits per heavy atom. The van der Waals surface area contributed by atoms with E-state index in [1.54, 1.807) is 6.07 Å². The van der Waals surface area contributed by atoms with Crippen molar-refractivity contribution in [3.8, 4) is 0 Å². The van der Waals surface area contributed by atoms with Crippen LogP contribution in [0.3, 0.4) is 0 Å². The van der Waals surface area contributed by atoms with Crippen LogP contribution in [0.15, 0.2) is 36.4 Å². The summed E-state index contributed by atoms with van der Waals surface area (Å²) in [5.41, 5.74) is 4.00. The molecule has 0 fully saturated rings. The summed E-state index contributed by atoms with van der Waals surface area (Å²) in [4.78, 5) is 12.2. The fraction of sp³-hybridized carbons (Fsp3) is 0.278. The maximum Gasteiger partial charge on any atom is 0.279 e. The van der Waals surface area contributed by atoms with Crippen molar-refractivity contribution in [2.75, 3.05) is 11.9 Å². The number of carbonyl (C=O) groups is 1. The molecule has 0 unspecified atom stereocenters. The topological polar surface area (TPSA) is 45.7 Å². The second kappa shape index (κ2) is 7.82. The molecule has 3 nitrogen and oxygen atoms in total. The van der Waals surface area contributed by atoms with Gasteiger partial charge in [-0.05, 0) is 50.1 Å². The third-order valence-electron chi connectivity index (χ3n) is 3.78. The second-order valence-corrected chi connectivity index (χ2v) is 6.60. The van der Waals surface area contributed by atoms with Gasteiger partial charge in [0.1, 0.15) is 6.04 Å². The molecular weight excluding hydrogens is 331 g/mol. The number of amides is 1. The summed E-state index contributed by atoms with van der Waals surface area (Å²) in [6.07, 6.45) is 0. The third kappa shape index (κ3) is 4.96.